The van der Waals surface area contributed by atoms with E-state index in [0.29, 0.717) is 22.9 Å². The normalized spacial score (nSPS) is 11.7. The number of benzene rings is 3. The Balaban J connectivity index is 1.92. The maximum absolute atomic E-state index is 12.8. The smallest absolute Gasteiger partial charge is 0.216 e. The largest absolute Gasteiger partial charge is 0.488 e. The number of ether oxygens (including phenoxy) is 1. The minimum absolute atomic E-state index is 0.00728. The number of halogens is 1. The van der Waals surface area contributed by atoms with Gasteiger partial charge >= 0.3 is 0 Å². The Labute approximate surface area is 175 Å². The Morgan fingerprint density at radius 2 is 1.79 bits per heavy atom. The van der Waals surface area contributed by atoms with E-state index in [2.05, 4.69) is 0 Å². The highest BCUT2D eigenvalue weighted by molar-refractivity contribution is 7.95. The molecule has 0 aliphatic heterocycles. The Kier molecular flexibility index (Phi) is 6.38. The first-order valence-electron chi connectivity index (χ1n) is 8.80. The Bertz CT molecular complexity index is 1190. The summed E-state index contributed by atoms with van der Waals surface area (Å²) in [4.78, 5) is -0.362. The van der Waals surface area contributed by atoms with Crippen molar-refractivity contribution >= 4 is 27.5 Å². The SMILES string of the molecule is Cc1cccc(COc2ccccc2C=C(C#N)S(=O)(=O)c2ccc(Cl)cc2)c1. The van der Waals surface area contributed by atoms with Gasteiger partial charge in [0, 0.05) is 10.6 Å². The van der Waals surface area contributed by atoms with Crippen LogP contribution in [-0.4, -0.2) is 8.42 Å². The van der Waals surface area contributed by atoms with E-state index in [4.69, 9.17) is 16.3 Å². The van der Waals surface area contributed by atoms with Crippen molar-refractivity contribution in [2.45, 2.75) is 18.4 Å². The van der Waals surface area contributed by atoms with Crippen LogP contribution in [0.1, 0.15) is 16.7 Å². The maximum Gasteiger partial charge on any atom is 0.216 e. The fourth-order valence-corrected chi connectivity index (χ4v) is 4.02. The summed E-state index contributed by atoms with van der Waals surface area (Å²) < 4.78 is 31.6. The number of hydrogen-bond donors (Lipinski definition) is 0. The molecule has 0 saturated carbocycles. The molecule has 4 nitrogen and oxygen atoms in total. The molecule has 0 fully saturated rings. The molecule has 6 heteroatoms. The highest BCUT2D eigenvalue weighted by Gasteiger charge is 2.21. The second-order valence-electron chi connectivity index (χ2n) is 6.39. The van der Waals surface area contributed by atoms with Crippen molar-refractivity contribution in [1.82, 2.24) is 0 Å². The number of aryl methyl sites for hydroxylation is 1. The first-order chi connectivity index (χ1) is 13.9. The summed E-state index contributed by atoms with van der Waals surface area (Å²) in [5.41, 5.74) is 2.63. The molecular formula is C23H18ClNO3S. The van der Waals surface area contributed by atoms with Crippen LogP contribution < -0.4 is 4.74 Å². The van der Waals surface area contributed by atoms with Crippen LogP contribution >= 0.6 is 11.6 Å². The first kappa shape index (κ1) is 20.7. The Morgan fingerprint density at radius 3 is 2.48 bits per heavy atom. The van der Waals surface area contributed by atoms with Gasteiger partial charge in [-0.1, -0.05) is 59.6 Å². The van der Waals surface area contributed by atoms with Crippen LogP contribution in [0.5, 0.6) is 5.75 Å². The molecule has 0 atom stereocenters. The monoisotopic (exact) mass is 423 g/mol. The van der Waals surface area contributed by atoms with E-state index in [1.165, 1.54) is 30.3 Å². The lowest BCUT2D eigenvalue weighted by Gasteiger charge is -2.10. The molecule has 3 aromatic carbocycles. The van der Waals surface area contributed by atoms with Crippen LogP contribution in [0.2, 0.25) is 5.02 Å². The molecule has 0 radical (unpaired) electrons. The number of nitriles is 1. The summed E-state index contributed by atoms with van der Waals surface area (Å²) in [6.07, 6.45) is 1.33. The van der Waals surface area contributed by atoms with Gasteiger partial charge in [0.1, 0.15) is 23.3 Å². The zero-order valence-electron chi connectivity index (χ0n) is 15.7. The third kappa shape index (κ3) is 5.05. The van der Waals surface area contributed by atoms with E-state index in [9.17, 15) is 13.7 Å². The van der Waals surface area contributed by atoms with Crippen LogP contribution in [0.3, 0.4) is 0 Å². The van der Waals surface area contributed by atoms with Crippen molar-refractivity contribution in [3.8, 4) is 11.8 Å². The van der Waals surface area contributed by atoms with E-state index < -0.39 is 9.84 Å². The second-order valence-corrected chi connectivity index (χ2v) is 8.75. The first-order valence-corrected chi connectivity index (χ1v) is 10.7. The molecule has 0 spiro atoms. The van der Waals surface area contributed by atoms with Crippen LogP contribution in [0.15, 0.2) is 82.6 Å². The standard InChI is InChI=1S/C23H18ClNO3S/c1-17-5-4-6-18(13-17)16-28-23-8-3-2-7-19(23)14-22(15-25)29(26,27)21-11-9-20(24)10-12-21/h2-14H,16H2,1H3. The van der Waals surface area contributed by atoms with Gasteiger partial charge < -0.3 is 4.74 Å². The van der Waals surface area contributed by atoms with Gasteiger partial charge in [0.2, 0.25) is 9.84 Å². The number of rotatable bonds is 6. The second kappa shape index (κ2) is 8.95. The van der Waals surface area contributed by atoms with E-state index in [1.54, 1.807) is 30.3 Å². The summed E-state index contributed by atoms with van der Waals surface area (Å²) in [6.45, 7) is 2.33. The van der Waals surface area contributed by atoms with Gasteiger partial charge in [-0.3, -0.25) is 0 Å². The number of nitrogens with zero attached hydrogens (tertiary/aromatic N) is 1. The lowest BCUT2D eigenvalue weighted by Crippen LogP contribution is -2.04. The van der Waals surface area contributed by atoms with Gasteiger partial charge in [-0.2, -0.15) is 5.26 Å². The average Bonchev–Trinajstić information content (AvgIpc) is 2.71. The molecule has 0 amide bonds. The van der Waals surface area contributed by atoms with Crippen LogP contribution in [-0.2, 0) is 16.4 Å². The van der Waals surface area contributed by atoms with Gasteiger partial charge in [0.25, 0.3) is 0 Å². The molecule has 29 heavy (non-hydrogen) atoms. The summed E-state index contributed by atoms with van der Waals surface area (Å²) >= 11 is 5.83. The van der Waals surface area contributed by atoms with Crippen molar-refractivity contribution < 1.29 is 13.2 Å². The van der Waals surface area contributed by atoms with Crippen LogP contribution in [0.25, 0.3) is 6.08 Å². The predicted octanol–water partition coefficient (Wildman–Crippen LogP) is 5.57. The van der Waals surface area contributed by atoms with Gasteiger partial charge in [0.05, 0.1) is 4.90 Å². The molecule has 0 saturated heterocycles. The average molecular weight is 424 g/mol. The van der Waals surface area contributed by atoms with Crippen LogP contribution in [0, 0.1) is 18.3 Å². The molecule has 3 rings (SSSR count). The quantitative estimate of drug-likeness (QED) is 0.486. The summed E-state index contributed by atoms with van der Waals surface area (Å²) in [5.74, 6) is 0.494. The number of hydrogen-bond acceptors (Lipinski definition) is 4. The molecule has 0 unspecified atom stereocenters. The lowest BCUT2D eigenvalue weighted by atomic mass is 10.1. The third-order valence-electron chi connectivity index (χ3n) is 4.21. The zero-order valence-corrected chi connectivity index (χ0v) is 17.2. The highest BCUT2D eigenvalue weighted by atomic mass is 35.5. The minimum atomic E-state index is -3.97. The van der Waals surface area contributed by atoms with Gasteiger partial charge in [-0.25, -0.2) is 8.42 Å². The van der Waals surface area contributed by atoms with Crippen molar-refractivity contribution in [2.24, 2.45) is 0 Å². The Hall–Kier alpha value is -3.07. The van der Waals surface area contributed by atoms with Crippen molar-refractivity contribution in [3.05, 3.63) is 99.4 Å². The summed E-state index contributed by atoms with van der Waals surface area (Å²) in [6, 6.07) is 22.4. The van der Waals surface area contributed by atoms with E-state index in [1.807, 2.05) is 31.2 Å². The molecule has 0 aliphatic rings. The molecule has 0 bridgehead atoms. The molecule has 0 aliphatic carbocycles. The Morgan fingerprint density at radius 1 is 1.07 bits per heavy atom. The zero-order chi connectivity index (χ0) is 20.9. The van der Waals surface area contributed by atoms with Gasteiger partial charge in [-0.05, 0) is 48.9 Å². The molecule has 0 heterocycles. The van der Waals surface area contributed by atoms with Crippen molar-refractivity contribution in [1.29, 1.82) is 5.26 Å². The third-order valence-corrected chi connectivity index (χ3v) is 6.14. The van der Waals surface area contributed by atoms with E-state index in [-0.39, 0.29) is 9.80 Å². The van der Waals surface area contributed by atoms with Gasteiger partial charge in [0.15, 0.2) is 0 Å². The molecule has 146 valence electrons. The topological polar surface area (TPSA) is 67.2 Å². The summed E-state index contributed by atoms with van der Waals surface area (Å²) in [5, 5.41) is 9.92. The maximum atomic E-state index is 12.8. The van der Waals surface area contributed by atoms with E-state index in [0.717, 1.165) is 11.1 Å². The van der Waals surface area contributed by atoms with Crippen LogP contribution in [0.4, 0.5) is 0 Å². The summed E-state index contributed by atoms with van der Waals surface area (Å²) in [7, 11) is -3.97. The molecular weight excluding hydrogens is 406 g/mol. The molecule has 3 aromatic rings. The molecule has 0 N–H and O–H groups in total. The fraction of sp³-hybridized carbons (Fsp3) is 0.0870. The number of sulfone groups is 1. The highest BCUT2D eigenvalue weighted by Crippen LogP contribution is 2.27. The van der Waals surface area contributed by atoms with E-state index >= 15 is 0 Å². The fourth-order valence-electron chi connectivity index (χ4n) is 2.75. The molecule has 0 aromatic heterocycles. The minimum Gasteiger partial charge on any atom is -0.488 e. The predicted molar refractivity (Wildman–Crippen MR) is 114 cm³/mol. The number of allylic oxidation sites excluding steroid dienone is 1. The van der Waals surface area contributed by atoms with Crippen molar-refractivity contribution in [2.75, 3.05) is 0 Å². The number of para-hydroxylation sites is 1. The van der Waals surface area contributed by atoms with Crippen molar-refractivity contribution in [3.63, 3.8) is 0 Å². The van der Waals surface area contributed by atoms with Gasteiger partial charge in [-0.15, -0.1) is 0 Å². The lowest BCUT2D eigenvalue weighted by molar-refractivity contribution is 0.305.